The number of benzene rings is 6. The van der Waals surface area contributed by atoms with Crippen LogP contribution in [0.15, 0.2) is 103 Å². The fraction of sp³-hybridized carbons (Fsp3) is 0.296. The summed E-state index contributed by atoms with van der Waals surface area (Å²) in [6.07, 6.45) is 2.40. The van der Waals surface area contributed by atoms with Crippen LogP contribution in [0.5, 0.6) is 0 Å². The van der Waals surface area contributed by atoms with Gasteiger partial charge in [0, 0.05) is 50.1 Å². The highest BCUT2D eigenvalue weighted by Crippen LogP contribution is 2.55. The standard InChI is InChI=1S/C54H53BN2/c1-30-24-37(33-18-15-19-35-47-34-17-12-14-21-39(34)54(9,10)50(47)56-49(33)35)48-46(25-30)57(44-29-42-41(26-31(44)2)51(3,4)22-23-52(42,5)6)45-27-36-32-16-11-13-20-38(32)53(7,8)40(36)28-43(45)55-48/h11-21,24-29,55-56H,22-23H2,1-10H3. The van der Waals surface area contributed by atoms with Crippen molar-refractivity contribution >= 4 is 46.2 Å². The third-order valence-corrected chi connectivity index (χ3v) is 15.0. The lowest BCUT2D eigenvalue weighted by Crippen LogP contribution is -2.42. The van der Waals surface area contributed by atoms with Gasteiger partial charge in [-0.3, -0.25) is 0 Å². The van der Waals surface area contributed by atoms with Crippen LogP contribution in [-0.4, -0.2) is 12.3 Å². The highest BCUT2D eigenvalue weighted by molar-refractivity contribution is 6.73. The number of nitrogens with zero attached hydrogens (tertiary/aromatic N) is 1. The number of rotatable bonds is 2. The molecule has 11 rings (SSSR count). The normalized spacial score (nSPS) is 18.2. The predicted molar refractivity (Wildman–Crippen MR) is 245 cm³/mol. The van der Waals surface area contributed by atoms with Gasteiger partial charge in [0.2, 0.25) is 0 Å². The molecule has 4 aliphatic rings. The number of hydrogen-bond acceptors (Lipinski definition) is 1. The molecule has 0 bridgehead atoms. The molecule has 1 N–H and O–H groups in total. The number of aromatic nitrogens is 1. The van der Waals surface area contributed by atoms with Gasteiger partial charge < -0.3 is 9.88 Å². The van der Waals surface area contributed by atoms with Gasteiger partial charge in [-0.1, -0.05) is 146 Å². The van der Waals surface area contributed by atoms with E-state index >= 15 is 0 Å². The minimum Gasteiger partial charge on any atom is -0.357 e. The molecule has 0 atom stereocenters. The molecule has 0 fully saturated rings. The van der Waals surface area contributed by atoms with Crippen molar-refractivity contribution in [1.82, 2.24) is 4.98 Å². The summed E-state index contributed by atoms with van der Waals surface area (Å²) < 4.78 is 0. The molecule has 57 heavy (non-hydrogen) atoms. The molecule has 1 aromatic heterocycles. The first-order valence-electron chi connectivity index (χ1n) is 21.2. The van der Waals surface area contributed by atoms with Gasteiger partial charge in [-0.25, -0.2) is 0 Å². The molecular weight excluding hydrogens is 687 g/mol. The van der Waals surface area contributed by atoms with Crippen molar-refractivity contribution in [1.29, 1.82) is 0 Å². The van der Waals surface area contributed by atoms with Gasteiger partial charge in [0.05, 0.1) is 5.52 Å². The molecule has 1 aliphatic heterocycles. The van der Waals surface area contributed by atoms with Crippen LogP contribution in [0, 0.1) is 13.8 Å². The van der Waals surface area contributed by atoms with E-state index in [-0.39, 0.29) is 21.7 Å². The zero-order valence-corrected chi connectivity index (χ0v) is 35.4. The van der Waals surface area contributed by atoms with Crippen LogP contribution >= 0.6 is 0 Å². The van der Waals surface area contributed by atoms with Crippen LogP contribution in [0.1, 0.15) is 113 Å². The summed E-state index contributed by atoms with van der Waals surface area (Å²) in [5, 5.41) is 1.32. The average Bonchev–Trinajstić information content (AvgIpc) is 3.76. The number of hydrogen-bond donors (Lipinski definition) is 1. The van der Waals surface area contributed by atoms with Crippen LogP contribution in [0.4, 0.5) is 17.1 Å². The lowest BCUT2D eigenvalue weighted by Gasteiger charge is -2.44. The van der Waals surface area contributed by atoms with Crippen LogP contribution in [0.3, 0.4) is 0 Å². The highest BCUT2D eigenvalue weighted by atomic mass is 15.2. The number of H-pyrrole nitrogens is 1. The number of aromatic amines is 1. The Labute approximate surface area is 339 Å². The zero-order chi connectivity index (χ0) is 39.6. The molecule has 3 aliphatic carbocycles. The summed E-state index contributed by atoms with van der Waals surface area (Å²) in [4.78, 5) is 6.74. The van der Waals surface area contributed by atoms with E-state index in [1.165, 1.54) is 130 Å². The third kappa shape index (κ3) is 4.60. The Balaban J connectivity index is 1.19. The number of fused-ring (bicyclic) bond motifs is 11. The third-order valence-electron chi connectivity index (χ3n) is 15.0. The van der Waals surface area contributed by atoms with Gasteiger partial charge in [0.15, 0.2) is 7.28 Å². The molecule has 0 saturated heterocycles. The molecule has 0 unspecified atom stereocenters. The van der Waals surface area contributed by atoms with Crippen molar-refractivity contribution in [3.8, 4) is 33.4 Å². The van der Waals surface area contributed by atoms with Crippen molar-refractivity contribution in [2.75, 3.05) is 4.90 Å². The van der Waals surface area contributed by atoms with Crippen molar-refractivity contribution < 1.29 is 0 Å². The van der Waals surface area contributed by atoms with Gasteiger partial charge in [-0.05, 0) is 122 Å². The van der Waals surface area contributed by atoms with Crippen LogP contribution < -0.4 is 15.8 Å². The topological polar surface area (TPSA) is 19.0 Å². The second kappa shape index (κ2) is 11.2. The van der Waals surface area contributed by atoms with E-state index in [2.05, 4.69) is 182 Å². The maximum atomic E-state index is 4.07. The zero-order valence-electron chi connectivity index (χ0n) is 35.4. The van der Waals surface area contributed by atoms with E-state index in [1.54, 1.807) is 0 Å². The quantitative estimate of drug-likeness (QED) is 0.175. The van der Waals surface area contributed by atoms with Crippen LogP contribution in [0.2, 0.25) is 0 Å². The van der Waals surface area contributed by atoms with E-state index in [1.807, 2.05) is 0 Å². The lowest BCUT2D eigenvalue weighted by molar-refractivity contribution is 0.332. The SMILES string of the molecule is Cc1cc(-c2cccc3c4c([nH]c23)C(C)(C)c2ccccc2-4)c2c(c1)N(c1cc3c(cc1C)C(C)(C)CCC3(C)C)c1cc3c(cc1B2)C(C)(C)c1ccccc1-3. The summed E-state index contributed by atoms with van der Waals surface area (Å²) in [5.74, 6) is 0. The maximum absolute atomic E-state index is 4.07. The first-order valence-corrected chi connectivity index (χ1v) is 21.2. The number of anilines is 3. The Morgan fingerprint density at radius 2 is 1.18 bits per heavy atom. The Hall–Kier alpha value is -5.28. The largest absolute Gasteiger partial charge is 0.357 e. The molecule has 0 radical (unpaired) electrons. The van der Waals surface area contributed by atoms with Gasteiger partial charge >= 0.3 is 0 Å². The molecule has 3 heteroatoms. The van der Waals surface area contributed by atoms with Crippen molar-refractivity contribution in [2.45, 2.75) is 104 Å². The van der Waals surface area contributed by atoms with Gasteiger partial charge in [-0.15, -0.1) is 0 Å². The fourth-order valence-corrected chi connectivity index (χ4v) is 11.7. The van der Waals surface area contributed by atoms with E-state index in [4.69, 9.17) is 0 Å². The molecule has 7 aromatic rings. The van der Waals surface area contributed by atoms with Crippen molar-refractivity contribution in [3.63, 3.8) is 0 Å². The van der Waals surface area contributed by atoms with Crippen LogP contribution in [-0.2, 0) is 21.7 Å². The molecule has 0 saturated carbocycles. The monoisotopic (exact) mass is 740 g/mol. The summed E-state index contributed by atoms with van der Waals surface area (Å²) in [7, 11) is 0.879. The number of aryl methyl sites for hydroxylation is 2. The van der Waals surface area contributed by atoms with E-state index in [0.29, 0.717) is 0 Å². The summed E-state index contributed by atoms with van der Waals surface area (Å²) in [6.45, 7) is 24.0. The van der Waals surface area contributed by atoms with E-state index < -0.39 is 0 Å². The predicted octanol–water partition coefficient (Wildman–Crippen LogP) is 12.6. The molecule has 282 valence electrons. The molecule has 6 aromatic carbocycles. The van der Waals surface area contributed by atoms with E-state index in [0.717, 1.165) is 7.28 Å². The van der Waals surface area contributed by atoms with Crippen LogP contribution in [0.25, 0.3) is 44.3 Å². The molecule has 0 spiro atoms. The number of para-hydroxylation sites is 1. The van der Waals surface area contributed by atoms with Gasteiger partial charge in [0.25, 0.3) is 0 Å². The smallest absolute Gasteiger partial charge is 0.198 e. The molecule has 2 nitrogen and oxygen atoms in total. The summed E-state index contributed by atoms with van der Waals surface area (Å²) in [5.41, 5.74) is 27.4. The molecule has 0 amide bonds. The summed E-state index contributed by atoms with van der Waals surface area (Å²) >= 11 is 0. The maximum Gasteiger partial charge on any atom is 0.198 e. The van der Waals surface area contributed by atoms with Gasteiger partial charge in [-0.2, -0.15) is 0 Å². The summed E-state index contributed by atoms with van der Waals surface area (Å²) in [6, 6.07) is 40.3. The first kappa shape index (κ1) is 34.9. The first-order chi connectivity index (χ1) is 27.1. The fourth-order valence-electron chi connectivity index (χ4n) is 11.7. The Kier molecular flexibility index (Phi) is 6.88. The lowest BCUT2D eigenvalue weighted by atomic mass is 9.57. The minimum atomic E-state index is -0.0962. The molecule has 2 heterocycles. The number of nitrogens with one attached hydrogen (secondary N) is 1. The van der Waals surface area contributed by atoms with Gasteiger partial charge in [0.1, 0.15) is 0 Å². The second-order valence-corrected chi connectivity index (χ2v) is 20.2. The molecular formula is C54H53BN2. The van der Waals surface area contributed by atoms with E-state index in [9.17, 15) is 0 Å². The van der Waals surface area contributed by atoms with Crippen molar-refractivity contribution in [2.24, 2.45) is 0 Å². The minimum absolute atomic E-state index is 0.0704. The Morgan fingerprint density at radius 3 is 1.91 bits per heavy atom. The second-order valence-electron chi connectivity index (χ2n) is 20.2. The Bertz CT molecular complexity index is 2910. The average molecular weight is 741 g/mol. The Morgan fingerprint density at radius 1 is 0.526 bits per heavy atom. The highest BCUT2D eigenvalue weighted by Gasteiger charge is 2.42. The van der Waals surface area contributed by atoms with Crippen molar-refractivity contribution in [3.05, 3.63) is 148 Å².